The van der Waals surface area contributed by atoms with Crippen LogP contribution in [-0.4, -0.2) is 22.2 Å². The van der Waals surface area contributed by atoms with Crippen molar-refractivity contribution in [3.63, 3.8) is 0 Å². The number of thioether (sulfide) groups is 1. The summed E-state index contributed by atoms with van der Waals surface area (Å²) in [6.45, 7) is 5.03. The lowest BCUT2D eigenvalue weighted by Gasteiger charge is -2.11. The molecule has 2 rings (SSSR count). The molecular weight excluding hydrogens is 302 g/mol. The number of nitrogens with one attached hydrogen (secondary N) is 2. The molecule has 1 aromatic heterocycles. The predicted molar refractivity (Wildman–Crippen MR) is 85.9 cm³/mol. The fourth-order valence-electron chi connectivity index (χ4n) is 1.73. The summed E-state index contributed by atoms with van der Waals surface area (Å²) in [5.74, 6) is 0.792. The average molecular weight is 319 g/mol. The molecule has 0 spiro atoms. The molecule has 0 fully saturated rings. The van der Waals surface area contributed by atoms with Crippen molar-refractivity contribution >= 4 is 35.1 Å². The number of hydrogen-bond acceptors (Lipinski definition) is 5. The Bertz CT molecular complexity index is 667. The summed E-state index contributed by atoms with van der Waals surface area (Å²) in [7, 11) is 0. The van der Waals surface area contributed by atoms with Crippen LogP contribution in [0.4, 0.5) is 11.5 Å². The maximum atomic E-state index is 12.1. The van der Waals surface area contributed by atoms with E-state index in [4.69, 9.17) is 4.52 Å². The van der Waals surface area contributed by atoms with Crippen molar-refractivity contribution in [2.75, 3.05) is 10.6 Å². The van der Waals surface area contributed by atoms with E-state index in [2.05, 4.69) is 15.8 Å². The first-order chi connectivity index (χ1) is 10.4. The van der Waals surface area contributed by atoms with E-state index in [9.17, 15) is 9.59 Å². The van der Waals surface area contributed by atoms with E-state index in [1.54, 1.807) is 25.1 Å². The highest BCUT2D eigenvalue weighted by Gasteiger charge is 2.16. The van der Waals surface area contributed by atoms with Crippen LogP contribution in [0.5, 0.6) is 0 Å². The molecule has 1 atom stereocenters. The summed E-state index contributed by atoms with van der Waals surface area (Å²) in [6.07, 6.45) is 0. The van der Waals surface area contributed by atoms with Crippen molar-refractivity contribution in [3.05, 3.63) is 36.1 Å². The van der Waals surface area contributed by atoms with E-state index < -0.39 is 0 Å². The molecule has 7 heteroatoms. The molecule has 0 unspecified atom stereocenters. The minimum absolute atomic E-state index is 0.115. The van der Waals surface area contributed by atoms with Crippen molar-refractivity contribution in [1.29, 1.82) is 0 Å². The summed E-state index contributed by atoms with van der Waals surface area (Å²) < 4.78 is 4.90. The van der Waals surface area contributed by atoms with Crippen molar-refractivity contribution in [2.45, 2.75) is 30.9 Å². The minimum Gasteiger partial charge on any atom is -0.360 e. The second-order valence-electron chi connectivity index (χ2n) is 4.78. The first-order valence-electron chi connectivity index (χ1n) is 6.72. The Hall–Kier alpha value is -2.28. The van der Waals surface area contributed by atoms with Gasteiger partial charge in [0.05, 0.1) is 5.25 Å². The van der Waals surface area contributed by atoms with E-state index >= 15 is 0 Å². The van der Waals surface area contributed by atoms with Gasteiger partial charge >= 0.3 is 0 Å². The minimum atomic E-state index is -0.288. The van der Waals surface area contributed by atoms with Crippen LogP contribution in [0, 0.1) is 6.92 Å². The number of aromatic nitrogens is 1. The molecule has 0 saturated carbocycles. The highest BCUT2D eigenvalue weighted by molar-refractivity contribution is 8.00. The van der Waals surface area contributed by atoms with E-state index in [-0.39, 0.29) is 17.1 Å². The topological polar surface area (TPSA) is 84.2 Å². The molecular formula is C15H17N3O3S. The molecule has 0 saturated heterocycles. The Morgan fingerprint density at radius 3 is 2.45 bits per heavy atom. The number of hydrogen-bond donors (Lipinski definition) is 2. The van der Waals surface area contributed by atoms with Gasteiger partial charge in [0.1, 0.15) is 5.76 Å². The molecule has 2 amide bonds. The number of amides is 2. The largest absolute Gasteiger partial charge is 0.360 e. The molecule has 0 aliphatic rings. The molecule has 116 valence electrons. The number of anilines is 2. The lowest BCUT2D eigenvalue weighted by Crippen LogP contribution is -2.22. The summed E-state index contributed by atoms with van der Waals surface area (Å²) in [4.78, 5) is 24.0. The monoisotopic (exact) mass is 319 g/mol. The van der Waals surface area contributed by atoms with Gasteiger partial charge in [0.25, 0.3) is 0 Å². The smallest absolute Gasteiger partial charge is 0.238 e. The first kappa shape index (κ1) is 16.1. The van der Waals surface area contributed by atoms with Gasteiger partial charge in [-0.2, -0.15) is 0 Å². The van der Waals surface area contributed by atoms with Crippen LogP contribution in [-0.2, 0) is 9.59 Å². The van der Waals surface area contributed by atoms with Crippen molar-refractivity contribution in [1.82, 2.24) is 5.16 Å². The van der Waals surface area contributed by atoms with Gasteiger partial charge in [0.2, 0.25) is 11.8 Å². The molecule has 22 heavy (non-hydrogen) atoms. The van der Waals surface area contributed by atoms with Gasteiger partial charge in [0.15, 0.2) is 5.82 Å². The fourth-order valence-corrected chi connectivity index (χ4v) is 2.60. The Morgan fingerprint density at radius 2 is 1.91 bits per heavy atom. The second-order valence-corrected chi connectivity index (χ2v) is 6.19. The zero-order valence-electron chi connectivity index (χ0n) is 12.5. The molecule has 0 aliphatic heterocycles. The Labute approximate surface area is 132 Å². The highest BCUT2D eigenvalue weighted by Crippen LogP contribution is 2.25. The van der Waals surface area contributed by atoms with Gasteiger partial charge in [-0.1, -0.05) is 5.16 Å². The lowest BCUT2D eigenvalue weighted by atomic mass is 10.3. The summed E-state index contributed by atoms with van der Waals surface area (Å²) >= 11 is 1.42. The number of carbonyl (C=O) groups excluding carboxylic acids is 2. The van der Waals surface area contributed by atoms with Crippen LogP contribution in [0.25, 0.3) is 0 Å². The zero-order valence-corrected chi connectivity index (χ0v) is 13.4. The van der Waals surface area contributed by atoms with Crippen LogP contribution in [0.2, 0.25) is 0 Å². The molecule has 2 N–H and O–H groups in total. The van der Waals surface area contributed by atoms with Gasteiger partial charge in [-0.05, 0) is 38.1 Å². The van der Waals surface area contributed by atoms with Crippen LogP contribution in [0.15, 0.2) is 39.8 Å². The average Bonchev–Trinajstić information content (AvgIpc) is 2.85. The number of aryl methyl sites for hydroxylation is 1. The van der Waals surface area contributed by atoms with Crippen LogP contribution in [0.3, 0.4) is 0 Å². The Morgan fingerprint density at radius 1 is 1.23 bits per heavy atom. The predicted octanol–water partition coefficient (Wildman–Crippen LogP) is 3.06. The van der Waals surface area contributed by atoms with Crippen LogP contribution in [0.1, 0.15) is 19.6 Å². The number of carbonyl (C=O) groups is 2. The fraction of sp³-hybridized carbons (Fsp3) is 0.267. The molecule has 0 aliphatic carbocycles. The van der Waals surface area contributed by atoms with Gasteiger partial charge in [-0.25, -0.2) is 0 Å². The number of rotatable bonds is 5. The van der Waals surface area contributed by atoms with Crippen molar-refractivity contribution < 1.29 is 14.1 Å². The van der Waals surface area contributed by atoms with Crippen LogP contribution >= 0.6 is 11.8 Å². The van der Waals surface area contributed by atoms with E-state index in [1.165, 1.54) is 18.7 Å². The second kappa shape index (κ2) is 7.13. The highest BCUT2D eigenvalue weighted by atomic mass is 32.2. The quantitative estimate of drug-likeness (QED) is 0.827. The number of nitrogens with zero attached hydrogens (tertiary/aromatic N) is 1. The summed E-state index contributed by atoms with van der Waals surface area (Å²) in [5.41, 5.74) is 0.729. The van der Waals surface area contributed by atoms with Gasteiger partial charge in [0, 0.05) is 23.6 Å². The van der Waals surface area contributed by atoms with Crippen molar-refractivity contribution in [2.24, 2.45) is 0 Å². The SMILES string of the molecule is CC(=O)Nc1ccc(S[C@H](C)C(=O)Nc2cc(C)on2)cc1. The molecule has 2 aromatic rings. The molecule has 0 radical (unpaired) electrons. The van der Waals surface area contributed by atoms with Gasteiger partial charge < -0.3 is 15.2 Å². The standard InChI is InChI=1S/C15H17N3O3S/c1-9-8-14(18-21-9)17-15(20)10(2)22-13-6-4-12(5-7-13)16-11(3)19/h4-8,10H,1-3H3,(H,16,19)(H,17,18,20)/t10-/m1/s1. The maximum Gasteiger partial charge on any atom is 0.238 e. The third-order valence-electron chi connectivity index (χ3n) is 2.74. The molecule has 1 aromatic carbocycles. The summed E-state index contributed by atoms with van der Waals surface area (Å²) in [6, 6.07) is 8.99. The first-order valence-corrected chi connectivity index (χ1v) is 7.60. The molecule has 0 bridgehead atoms. The molecule has 1 heterocycles. The molecule has 6 nitrogen and oxygen atoms in total. The van der Waals surface area contributed by atoms with Gasteiger partial charge in [-0.15, -0.1) is 11.8 Å². The maximum absolute atomic E-state index is 12.1. The lowest BCUT2D eigenvalue weighted by molar-refractivity contribution is -0.115. The Balaban J connectivity index is 1.91. The Kier molecular flexibility index (Phi) is 5.21. The summed E-state index contributed by atoms with van der Waals surface area (Å²) in [5, 5.41) is 8.84. The zero-order chi connectivity index (χ0) is 16.1. The van der Waals surface area contributed by atoms with E-state index in [0.717, 1.165) is 10.6 Å². The third kappa shape index (κ3) is 4.63. The van der Waals surface area contributed by atoms with E-state index in [0.29, 0.717) is 11.6 Å². The number of benzene rings is 1. The van der Waals surface area contributed by atoms with E-state index in [1.807, 2.05) is 19.1 Å². The van der Waals surface area contributed by atoms with Crippen LogP contribution < -0.4 is 10.6 Å². The van der Waals surface area contributed by atoms with Crippen molar-refractivity contribution in [3.8, 4) is 0 Å². The normalized spacial score (nSPS) is 11.8. The van der Waals surface area contributed by atoms with Gasteiger partial charge in [-0.3, -0.25) is 9.59 Å². The third-order valence-corrected chi connectivity index (χ3v) is 3.85.